The third-order valence-electron chi connectivity index (χ3n) is 2.47. The molecule has 1 rings (SSSR count). The number of hydrogen-bond donors (Lipinski definition) is 1. The van der Waals surface area contributed by atoms with E-state index in [1.54, 1.807) is 0 Å². The Bertz CT molecular complexity index is 285. The highest BCUT2D eigenvalue weighted by molar-refractivity contribution is 9.10. The van der Waals surface area contributed by atoms with Crippen LogP contribution < -0.4 is 0 Å². The van der Waals surface area contributed by atoms with Crippen LogP contribution in [0.1, 0.15) is 38.4 Å². The van der Waals surface area contributed by atoms with Gasteiger partial charge in [-0.2, -0.15) is 0 Å². The number of aliphatic hydroxyl groups excluding tert-OH is 1. The highest BCUT2D eigenvalue weighted by Crippen LogP contribution is 2.26. The average molecular weight is 257 g/mol. The lowest BCUT2D eigenvalue weighted by molar-refractivity contribution is 0.112. The van der Waals surface area contributed by atoms with Crippen LogP contribution in [0, 0.1) is 5.92 Å². The van der Waals surface area contributed by atoms with Gasteiger partial charge in [-0.15, -0.1) is 0 Å². The lowest BCUT2D eigenvalue weighted by Crippen LogP contribution is -2.08. The normalized spacial score (nSPS) is 15.1. The van der Waals surface area contributed by atoms with Gasteiger partial charge in [0, 0.05) is 4.47 Å². The molecule has 0 spiro atoms. The molecule has 0 aliphatic rings. The maximum atomic E-state index is 10.0. The monoisotopic (exact) mass is 256 g/mol. The fourth-order valence-electron chi connectivity index (χ4n) is 1.63. The van der Waals surface area contributed by atoms with Gasteiger partial charge in [-0.3, -0.25) is 0 Å². The quantitative estimate of drug-likeness (QED) is 0.866. The van der Waals surface area contributed by atoms with Crippen LogP contribution in [0.2, 0.25) is 0 Å². The summed E-state index contributed by atoms with van der Waals surface area (Å²) in [5.74, 6) is 0.328. The van der Waals surface area contributed by atoms with Crippen LogP contribution in [0.3, 0.4) is 0 Å². The van der Waals surface area contributed by atoms with Crippen LogP contribution >= 0.6 is 15.9 Å². The van der Waals surface area contributed by atoms with E-state index in [-0.39, 0.29) is 6.10 Å². The van der Waals surface area contributed by atoms with Crippen LogP contribution in [0.15, 0.2) is 28.7 Å². The third-order valence-corrected chi connectivity index (χ3v) is 2.97. The minimum Gasteiger partial charge on any atom is -0.388 e. The maximum Gasteiger partial charge on any atom is 0.0815 e. The van der Waals surface area contributed by atoms with Crippen molar-refractivity contribution in [3.63, 3.8) is 0 Å². The number of aliphatic hydroxyl groups is 1. The van der Waals surface area contributed by atoms with Gasteiger partial charge < -0.3 is 5.11 Å². The second kappa shape index (κ2) is 5.52. The molecule has 1 nitrogen and oxygen atoms in total. The Hall–Kier alpha value is -0.340. The minimum atomic E-state index is -0.340. The number of hydrogen-bond acceptors (Lipinski definition) is 1. The molecule has 0 saturated heterocycles. The van der Waals surface area contributed by atoms with Crippen molar-refractivity contribution in [2.45, 2.75) is 32.8 Å². The molecule has 14 heavy (non-hydrogen) atoms. The molecule has 0 aromatic heterocycles. The molecule has 2 unspecified atom stereocenters. The molecule has 0 aliphatic carbocycles. The second-order valence-electron chi connectivity index (χ2n) is 3.77. The van der Waals surface area contributed by atoms with Crippen LogP contribution in [0.5, 0.6) is 0 Å². The van der Waals surface area contributed by atoms with Gasteiger partial charge in [-0.1, -0.05) is 48.3 Å². The van der Waals surface area contributed by atoms with Crippen LogP contribution in [-0.4, -0.2) is 5.11 Å². The summed E-state index contributed by atoms with van der Waals surface area (Å²) in [5.41, 5.74) is 1.00. The lowest BCUT2D eigenvalue weighted by atomic mass is 9.94. The van der Waals surface area contributed by atoms with Crippen molar-refractivity contribution in [2.75, 3.05) is 0 Å². The van der Waals surface area contributed by atoms with Crippen molar-refractivity contribution in [1.82, 2.24) is 0 Å². The molecule has 2 heteroatoms. The van der Waals surface area contributed by atoms with E-state index in [9.17, 15) is 5.11 Å². The first-order valence-corrected chi connectivity index (χ1v) is 5.88. The first kappa shape index (κ1) is 11.7. The summed E-state index contributed by atoms with van der Waals surface area (Å²) < 4.78 is 1.03. The molecule has 0 heterocycles. The summed E-state index contributed by atoms with van der Waals surface area (Å²) in [7, 11) is 0. The summed E-state index contributed by atoms with van der Waals surface area (Å²) in [4.78, 5) is 0. The second-order valence-corrected chi connectivity index (χ2v) is 4.68. The van der Waals surface area contributed by atoms with Crippen molar-refractivity contribution in [1.29, 1.82) is 0 Å². The number of rotatable bonds is 4. The zero-order valence-corrected chi connectivity index (χ0v) is 10.3. The van der Waals surface area contributed by atoms with Gasteiger partial charge in [0.05, 0.1) is 6.10 Å². The largest absolute Gasteiger partial charge is 0.388 e. The molecule has 78 valence electrons. The Kier molecular flexibility index (Phi) is 4.63. The topological polar surface area (TPSA) is 20.2 Å². The van der Waals surface area contributed by atoms with Crippen molar-refractivity contribution < 1.29 is 5.11 Å². The van der Waals surface area contributed by atoms with E-state index in [0.717, 1.165) is 22.9 Å². The fourth-order valence-corrected chi connectivity index (χ4v) is 2.05. The van der Waals surface area contributed by atoms with E-state index in [0.29, 0.717) is 5.92 Å². The third kappa shape index (κ3) is 3.10. The number of benzene rings is 1. The van der Waals surface area contributed by atoms with Crippen LogP contribution in [0.4, 0.5) is 0 Å². The molecule has 1 aromatic carbocycles. The molecular weight excluding hydrogens is 240 g/mol. The molecule has 0 saturated carbocycles. The van der Waals surface area contributed by atoms with Crippen molar-refractivity contribution in [3.05, 3.63) is 34.3 Å². The zero-order valence-electron chi connectivity index (χ0n) is 8.70. The first-order valence-electron chi connectivity index (χ1n) is 5.08. The minimum absolute atomic E-state index is 0.328. The molecule has 1 N–H and O–H groups in total. The number of halogens is 1. The summed E-state index contributed by atoms with van der Waals surface area (Å²) in [5, 5.41) is 10.0. The van der Waals surface area contributed by atoms with E-state index < -0.39 is 0 Å². The molecule has 0 amide bonds. The Morgan fingerprint density at radius 1 is 1.43 bits per heavy atom. The standard InChI is InChI=1S/C12H17BrO/c1-3-5-9(2)12(14)10-6-4-7-11(13)8-10/h4,6-9,12,14H,3,5H2,1-2H3. The molecule has 0 bridgehead atoms. The SMILES string of the molecule is CCCC(C)C(O)c1cccc(Br)c1. The van der Waals surface area contributed by atoms with Crippen LogP contribution in [-0.2, 0) is 0 Å². The van der Waals surface area contributed by atoms with E-state index in [4.69, 9.17) is 0 Å². The smallest absolute Gasteiger partial charge is 0.0815 e. The molecule has 0 fully saturated rings. The van der Waals surface area contributed by atoms with Gasteiger partial charge in [0.25, 0.3) is 0 Å². The average Bonchev–Trinajstić information content (AvgIpc) is 2.17. The lowest BCUT2D eigenvalue weighted by Gasteiger charge is -2.18. The van der Waals surface area contributed by atoms with Crippen molar-refractivity contribution in [3.8, 4) is 0 Å². The Morgan fingerprint density at radius 2 is 2.14 bits per heavy atom. The van der Waals surface area contributed by atoms with E-state index in [1.807, 2.05) is 24.3 Å². The van der Waals surface area contributed by atoms with E-state index >= 15 is 0 Å². The van der Waals surface area contributed by atoms with Gasteiger partial charge in [0.2, 0.25) is 0 Å². The van der Waals surface area contributed by atoms with Crippen molar-refractivity contribution >= 4 is 15.9 Å². The zero-order chi connectivity index (χ0) is 10.6. The molecule has 0 aliphatic heterocycles. The van der Waals surface area contributed by atoms with Gasteiger partial charge in [-0.05, 0) is 30.0 Å². The highest BCUT2D eigenvalue weighted by atomic mass is 79.9. The maximum absolute atomic E-state index is 10.0. The summed E-state index contributed by atoms with van der Waals surface area (Å²) >= 11 is 3.41. The van der Waals surface area contributed by atoms with E-state index in [1.165, 1.54) is 0 Å². The molecule has 1 aromatic rings. The fraction of sp³-hybridized carbons (Fsp3) is 0.500. The Morgan fingerprint density at radius 3 is 2.71 bits per heavy atom. The highest BCUT2D eigenvalue weighted by Gasteiger charge is 2.15. The summed E-state index contributed by atoms with van der Waals surface area (Å²) in [6.45, 7) is 4.24. The predicted octanol–water partition coefficient (Wildman–Crippen LogP) is 3.92. The first-order chi connectivity index (χ1) is 6.65. The summed E-state index contributed by atoms with van der Waals surface area (Å²) in [6.07, 6.45) is 1.84. The van der Waals surface area contributed by atoms with Crippen LogP contribution in [0.25, 0.3) is 0 Å². The van der Waals surface area contributed by atoms with Gasteiger partial charge in [0.1, 0.15) is 0 Å². The van der Waals surface area contributed by atoms with Crippen molar-refractivity contribution in [2.24, 2.45) is 5.92 Å². The van der Waals surface area contributed by atoms with Gasteiger partial charge in [0.15, 0.2) is 0 Å². The molecular formula is C12H17BrO. The Balaban J connectivity index is 2.73. The van der Waals surface area contributed by atoms with E-state index in [2.05, 4.69) is 29.8 Å². The van der Waals surface area contributed by atoms with Gasteiger partial charge >= 0.3 is 0 Å². The van der Waals surface area contributed by atoms with Gasteiger partial charge in [-0.25, -0.2) is 0 Å². The molecule has 2 atom stereocenters. The summed E-state index contributed by atoms with van der Waals surface area (Å²) in [6, 6.07) is 7.89. The Labute approximate surface area is 94.3 Å². The predicted molar refractivity (Wildman–Crippen MR) is 63.2 cm³/mol. The molecule has 0 radical (unpaired) electrons.